The van der Waals surface area contributed by atoms with Gasteiger partial charge in [-0.2, -0.15) is 0 Å². The summed E-state index contributed by atoms with van der Waals surface area (Å²) in [5.74, 6) is 0. The quantitative estimate of drug-likeness (QED) is 0.673. The molecule has 0 aromatic rings. The van der Waals surface area contributed by atoms with Crippen LogP contribution >= 0.6 is 0 Å². The molecule has 4 N–H and O–H groups in total. The second-order valence-corrected chi connectivity index (χ2v) is 4.44. The number of nitrogens with two attached hydrogens (primary N) is 2. The summed E-state index contributed by atoms with van der Waals surface area (Å²) < 4.78 is 0. The molecule has 0 bridgehead atoms. The van der Waals surface area contributed by atoms with Gasteiger partial charge in [-0.3, -0.25) is 4.90 Å². The van der Waals surface area contributed by atoms with Crippen molar-refractivity contribution in [1.82, 2.24) is 4.90 Å². The molecule has 0 atom stereocenters. The molecule has 0 aromatic heterocycles. The fourth-order valence-corrected chi connectivity index (χ4v) is 1.51. The van der Waals surface area contributed by atoms with E-state index < -0.39 is 0 Å². The van der Waals surface area contributed by atoms with E-state index in [1.807, 2.05) is 13.8 Å². The van der Waals surface area contributed by atoms with Crippen molar-refractivity contribution in [3.05, 3.63) is 0 Å². The van der Waals surface area contributed by atoms with Crippen LogP contribution in [0.25, 0.3) is 0 Å². The Balaban J connectivity index is 0. The average Bonchev–Trinajstić information content (AvgIpc) is 2.31. The van der Waals surface area contributed by atoms with E-state index in [1.165, 1.54) is 6.42 Å². The molecule has 3 heteroatoms. The summed E-state index contributed by atoms with van der Waals surface area (Å²) in [7, 11) is 0. The van der Waals surface area contributed by atoms with E-state index in [0.29, 0.717) is 0 Å². The Kier molecular flexibility index (Phi) is 13.0. The fourth-order valence-electron chi connectivity index (χ4n) is 1.51. The molecule has 3 nitrogen and oxygen atoms in total. The van der Waals surface area contributed by atoms with Gasteiger partial charge in [0.15, 0.2) is 0 Å². The third kappa shape index (κ3) is 8.08. The van der Waals surface area contributed by atoms with Crippen LogP contribution in [-0.2, 0) is 0 Å². The zero-order chi connectivity index (χ0) is 13.0. The van der Waals surface area contributed by atoms with Crippen LogP contribution < -0.4 is 11.5 Å². The molecule has 0 saturated heterocycles. The summed E-state index contributed by atoms with van der Waals surface area (Å²) in [4.78, 5) is 2.51. The maximum absolute atomic E-state index is 5.54. The van der Waals surface area contributed by atoms with Crippen LogP contribution in [0.15, 0.2) is 0 Å². The summed E-state index contributed by atoms with van der Waals surface area (Å²) >= 11 is 0. The largest absolute Gasteiger partial charge is 0.330 e. The Hall–Kier alpha value is -0.120. The van der Waals surface area contributed by atoms with E-state index in [4.69, 9.17) is 11.5 Å². The van der Waals surface area contributed by atoms with Crippen LogP contribution in [0.5, 0.6) is 0 Å². The lowest BCUT2D eigenvalue weighted by Crippen LogP contribution is -2.45. The van der Waals surface area contributed by atoms with E-state index in [9.17, 15) is 0 Å². The van der Waals surface area contributed by atoms with Crippen LogP contribution in [0, 0.1) is 0 Å². The van der Waals surface area contributed by atoms with Crippen LogP contribution in [0.4, 0.5) is 0 Å². The molecule has 0 aliphatic carbocycles. The van der Waals surface area contributed by atoms with Crippen molar-refractivity contribution in [3.63, 3.8) is 0 Å². The van der Waals surface area contributed by atoms with E-state index in [2.05, 4.69) is 25.7 Å². The van der Waals surface area contributed by atoms with Gasteiger partial charge in [0.2, 0.25) is 0 Å². The van der Waals surface area contributed by atoms with Gasteiger partial charge in [0.05, 0.1) is 0 Å². The van der Waals surface area contributed by atoms with Crippen molar-refractivity contribution >= 4 is 0 Å². The van der Waals surface area contributed by atoms with Gasteiger partial charge in [0, 0.05) is 5.54 Å². The summed E-state index contributed by atoms with van der Waals surface area (Å²) in [6.45, 7) is 14.6. The van der Waals surface area contributed by atoms with Crippen molar-refractivity contribution in [2.24, 2.45) is 11.5 Å². The van der Waals surface area contributed by atoms with Gasteiger partial charge < -0.3 is 11.5 Å². The molecule has 16 heavy (non-hydrogen) atoms. The highest BCUT2D eigenvalue weighted by atomic mass is 15.2. The zero-order valence-corrected chi connectivity index (χ0v) is 12.1. The molecule has 0 unspecified atom stereocenters. The fraction of sp³-hybridized carbons (Fsp3) is 1.00. The first-order valence-electron chi connectivity index (χ1n) is 6.73. The van der Waals surface area contributed by atoms with Gasteiger partial charge in [-0.15, -0.1) is 0 Å². The Morgan fingerprint density at radius 1 is 0.938 bits per heavy atom. The molecule has 0 heterocycles. The SMILES string of the molecule is CC.CCC(C)(C)N(CCCN)CCCN. The molecule has 0 fully saturated rings. The third-order valence-electron chi connectivity index (χ3n) is 2.99. The van der Waals surface area contributed by atoms with Crippen LogP contribution in [0.2, 0.25) is 0 Å². The van der Waals surface area contributed by atoms with Gasteiger partial charge in [0.1, 0.15) is 0 Å². The van der Waals surface area contributed by atoms with Gasteiger partial charge in [-0.05, 0) is 59.3 Å². The molecule has 100 valence electrons. The minimum absolute atomic E-state index is 0.282. The van der Waals surface area contributed by atoms with E-state index in [-0.39, 0.29) is 5.54 Å². The van der Waals surface area contributed by atoms with Gasteiger partial charge >= 0.3 is 0 Å². The van der Waals surface area contributed by atoms with Crippen LogP contribution in [-0.4, -0.2) is 36.6 Å². The molecule has 0 rings (SSSR count). The lowest BCUT2D eigenvalue weighted by Gasteiger charge is -2.38. The Morgan fingerprint density at radius 2 is 1.31 bits per heavy atom. The van der Waals surface area contributed by atoms with Gasteiger partial charge in [0.25, 0.3) is 0 Å². The Morgan fingerprint density at radius 3 is 1.56 bits per heavy atom. The van der Waals surface area contributed by atoms with Crippen molar-refractivity contribution in [2.45, 2.75) is 59.4 Å². The normalized spacial score (nSPS) is 11.2. The molecule has 0 aliphatic rings. The minimum atomic E-state index is 0.282. The summed E-state index contributed by atoms with van der Waals surface area (Å²) in [6.07, 6.45) is 3.32. The molecule has 0 saturated carbocycles. The van der Waals surface area contributed by atoms with Crippen molar-refractivity contribution in [1.29, 1.82) is 0 Å². The van der Waals surface area contributed by atoms with E-state index in [1.54, 1.807) is 0 Å². The Labute approximate surface area is 103 Å². The lowest BCUT2D eigenvalue weighted by atomic mass is 9.98. The smallest absolute Gasteiger partial charge is 0.0150 e. The number of nitrogens with zero attached hydrogens (tertiary/aromatic N) is 1. The maximum Gasteiger partial charge on any atom is 0.0150 e. The maximum atomic E-state index is 5.54. The number of rotatable bonds is 8. The predicted octanol–water partition coefficient (Wildman–Crippen LogP) is 2.20. The average molecular weight is 231 g/mol. The van der Waals surface area contributed by atoms with Crippen LogP contribution in [0.1, 0.15) is 53.9 Å². The zero-order valence-electron chi connectivity index (χ0n) is 12.1. The van der Waals surface area contributed by atoms with Gasteiger partial charge in [-0.1, -0.05) is 20.8 Å². The highest BCUT2D eigenvalue weighted by Crippen LogP contribution is 2.18. The molecular formula is C13H33N3. The first-order chi connectivity index (χ1) is 7.58. The summed E-state index contributed by atoms with van der Waals surface area (Å²) in [6, 6.07) is 0. The first kappa shape index (κ1) is 18.3. The Bertz CT molecular complexity index is 127. The van der Waals surface area contributed by atoms with E-state index in [0.717, 1.165) is 39.0 Å². The molecule has 0 amide bonds. The third-order valence-corrected chi connectivity index (χ3v) is 2.99. The standard InChI is InChI=1S/C11H27N3.C2H6/c1-4-11(2,3)14(9-5-7-12)10-6-8-13;1-2/h4-10,12-13H2,1-3H3;1-2H3. The second-order valence-electron chi connectivity index (χ2n) is 4.44. The van der Waals surface area contributed by atoms with Gasteiger partial charge in [-0.25, -0.2) is 0 Å². The molecule has 0 aromatic carbocycles. The summed E-state index contributed by atoms with van der Waals surface area (Å²) in [5, 5.41) is 0. The monoisotopic (exact) mass is 231 g/mol. The highest BCUT2D eigenvalue weighted by Gasteiger charge is 2.23. The van der Waals surface area contributed by atoms with Crippen molar-refractivity contribution in [2.75, 3.05) is 26.2 Å². The van der Waals surface area contributed by atoms with Crippen LogP contribution in [0.3, 0.4) is 0 Å². The molecular weight excluding hydrogens is 198 g/mol. The minimum Gasteiger partial charge on any atom is -0.330 e. The summed E-state index contributed by atoms with van der Waals surface area (Å²) in [5.41, 5.74) is 11.4. The van der Waals surface area contributed by atoms with Crippen molar-refractivity contribution in [3.8, 4) is 0 Å². The number of hydrogen-bond donors (Lipinski definition) is 2. The second kappa shape index (κ2) is 11.4. The first-order valence-corrected chi connectivity index (χ1v) is 6.73. The van der Waals surface area contributed by atoms with Crippen molar-refractivity contribution < 1.29 is 0 Å². The highest BCUT2D eigenvalue weighted by molar-refractivity contribution is 4.80. The molecule has 0 radical (unpaired) electrons. The van der Waals surface area contributed by atoms with E-state index >= 15 is 0 Å². The molecule has 0 spiro atoms. The molecule has 0 aliphatic heterocycles. The topological polar surface area (TPSA) is 55.3 Å². The number of hydrogen-bond acceptors (Lipinski definition) is 3. The predicted molar refractivity (Wildman–Crippen MR) is 74.6 cm³/mol. The lowest BCUT2D eigenvalue weighted by molar-refractivity contribution is 0.114.